The number of aromatic hydroxyl groups is 1. The smallest absolute Gasteiger partial charge is 0.269 e. The number of aromatic nitrogens is 1. The van der Waals surface area contributed by atoms with Crippen molar-refractivity contribution in [1.82, 2.24) is 10.3 Å². The summed E-state index contributed by atoms with van der Waals surface area (Å²) in [6, 6.07) is 10.4. The predicted molar refractivity (Wildman–Crippen MR) is 76.1 cm³/mol. The van der Waals surface area contributed by atoms with Gasteiger partial charge >= 0.3 is 0 Å². The molecule has 2 aromatic rings. The summed E-state index contributed by atoms with van der Waals surface area (Å²) in [5.41, 5.74) is 1.45. The van der Waals surface area contributed by atoms with E-state index in [-0.39, 0.29) is 11.7 Å². The summed E-state index contributed by atoms with van der Waals surface area (Å²) in [6.45, 7) is 0.529. The summed E-state index contributed by atoms with van der Waals surface area (Å²) in [6.07, 6.45) is 2.30. The Labute approximate surface area is 119 Å². The molecule has 0 aliphatic heterocycles. The number of nitrogens with zero attached hydrogens (tertiary/aromatic N) is 1. The lowest BCUT2D eigenvalue weighted by atomic mass is 10.1. The minimum Gasteiger partial charge on any atom is -0.508 e. The van der Waals surface area contributed by atoms with E-state index in [1.165, 1.54) is 0 Å². The summed E-state index contributed by atoms with van der Waals surface area (Å²) in [5.74, 6) is 0.0538. The normalized spacial score (nSPS) is 10.2. The number of carbonyl (C=O) groups excluding carboxylic acids is 1. The Morgan fingerprint density at radius 2 is 1.95 bits per heavy atom. The number of carbonyl (C=O) groups is 1. The molecule has 4 nitrogen and oxygen atoms in total. The van der Waals surface area contributed by atoms with Crippen molar-refractivity contribution < 1.29 is 9.90 Å². The molecule has 0 spiro atoms. The van der Waals surface area contributed by atoms with Gasteiger partial charge < -0.3 is 10.4 Å². The fourth-order valence-corrected chi connectivity index (χ4v) is 1.82. The number of nitrogens with one attached hydrogen (secondary N) is 1. The Balaban J connectivity index is 1.84. The zero-order valence-electron chi connectivity index (χ0n) is 10.1. The van der Waals surface area contributed by atoms with E-state index in [4.69, 9.17) is 5.11 Å². The molecule has 2 rings (SSSR count). The van der Waals surface area contributed by atoms with Gasteiger partial charge in [-0.05, 0) is 52.2 Å². The van der Waals surface area contributed by atoms with Crippen molar-refractivity contribution in [2.45, 2.75) is 6.42 Å². The Kier molecular flexibility index (Phi) is 4.52. The summed E-state index contributed by atoms with van der Waals surface area (Å²) >= 11 is 3.27. The topological polar surface area (TPSA) is 62.2 Å². The van der Waals surface area contributed by atoms with Crippen LogP contribution in [0.5, 0.6) is 5.75 Å². The van der Waals surface area contributed by atoms with Gasteiger partial charge in [0.15, 0.2) is 0 Å². The Hall–Kier alpha value is -1.88. The van der Waals surface area contributed by atoms with Crippen molar-refractivity contribution in [1.29, 1.82) is 0 Å². The van der Waals surface area contributed by atoms with E-state index in [2.05, 4.69) is 26.2 Å². The summed E-state index contributed by atoms with van der Waals surface area (Å²) < 4.78 is 0.841. The van der Waals surface area contributed by atoms with Crippen LogP contribution in [0.3, 0.4) is 0 Å². The minimum atomic E-state index is -0.189. The first kappa shape index (κ1) is 13.5. The maximum atomic E-state index is 11.8. The standard InChI is InChI=1S/C14H13BrN2O2/c15-11-3-6-13(17-9-11)14(19)16-8-7-10-1-4-12(18)5-2-10/h1-6,9,18H,7-8H2,(H,16,19). The molecule has 0 aliphatic rings. The lowest BCUT2D eigenvalue weighted by molar-refractivity contribution is 0.0949. The zero-order chi connectivity index (χ0) is 13.7. The van der Waals surface area contributed by atoms with E-state index in [0.717, 1.165) is 10.0 Å². The van der Waals surface area contributed by atoms with Gasteiger partial charge in [-0.2, -0.15) is 0 Å². The van der Waals surface area contributed by atoms with Gasteiger partial charge in [0.25, 0.3) is 5.91 Å². The summed E-state index contributed by atoms with van der Waals surface area (Å²) in [7, 11) is 0. The molecule has 1 amide bonds. The predicted octanol–water partition coefficient (Wildman–Crippen LogP) is 2.52. The lowest BCUT2D eigenvalue weighted by Gasteiger charge is -2.05. The van der Waals surface area contributed by atoms with Crippen molar-refractivity contribution in [2.75, 3.05) is 6.54 Å². The Morgan fingerprint density at radius 3 is 2.58 bits per heavy atom. The van der Waals surface area contributed by atoms with Gasteiger partial charge in [0.05, 0.1) is 0 Å². The van der Waals surface area contributed by atoms with Crippen molar-refractivity contribution in [3.8, 4) is 5.75 Å². The first-order chi connectivity index (χ1) is 9.15. The monoisotopic (exact) mass is 320 g/mol. The number of pyridine rings is 1. The molecule has 0 aliphatic carbocycles. The molecule has 1 heterocycles. The van der Waals surface area contributed by atoms with E-state index in [0.29, 0.717) is 18.7 Å². The van der Waals surface area contributed by atoms with Gasteiger partial charge in [0, 0.05) is 17.2 Å². The van der Waals surface area contributed by atoms with Crippen LogP contribution in [0.1, 0.15) is 16.1 Å². The molecular weight excluding hydrogens is 308 g/mol. The third-order valence-electron chi connectivity index (χ3n) is 2.60. The molecule has 1 aromatic carbocycles. The maximum Gasteiger partial charge on any atom is 0.269 e. The Bertz CT molecular complexity index is 553. The van der Waals surface area contributed by atoms with Gasteiger partial charge in [-0.3, -0.25) is 4.79 Å². The minimum absolute atomic E-state index is 0.189. The van der Waals surface area contributed by atoms with Crippen LogP contribution in [0.2, 0.25) is 0 Å². The third-order valence-corrected chi connectivity index (χ3v) is 3.06. The molecule has 0 unspecified atom stereocenters. The molecular formula is C14H13BrN2O2. The van der Waals surface area contributed by atoms with E-state index in [1.807, 2.05) is 12.1 Å². The molecule has 19 heavy (non-hydrogen) atoms. The van der Waals surface area contributed by atoms with E-state index in [9.17, 15) is 4.79 Å². The van der Waals surface area contributed by atoms with Crippen LogP contribution < -0.4 is 5.32 Å². The van der Waals surface area contributed by atoms with Gasteiger partial charge in [-0.25, -0.2) is 4.98 Å². The lowest BCUT2D eigenvalue weighted by Crippen LogP contribution is -2.26. The fourth-order valence-electron chi connectivity index (χ4n) is 1.58. The molecule has 98 valence electrons. The number of halogens is 1. The number of rotatable bonds is 4. The fraction of sp³-hybridized carbons (Fsp3) is 0.143. The van der Waals surface area contributed by atoms with Gasteiger partial charge in [-0.15, -0.1) is 0 Å². The number of benzene rings is 1. The zero-order valence-corrected chi connectivity index (χ0v) is 11.7. The molecule has 5 heteroatoms. The number of hydrogen-bond donors (Lipinski definition) is 2. The largest absolute Gasteiger partial charge is 0.508 e. The first-order valence-electron chi connectivity index (χ1n) is 5.83. The highest BCUT2D eigenvalue weighted by Crippen LogP contribution is 2.10. The van der Waals surface area contributed by atoms with E-state index in [1.54, 1.807) is 30.5 Å². The highest BCUT2D eigenvalue weighted by atomic mass is 79.9. The average molecular weight is 321 g/mol. The van der Waals surface area contributed by atoms with Crippen LogP contribution in [0.4, 0.5) is 0 Å². The van der Waals surface area contributed by atoms with Crippen LogP contribution in [0, 0.1) is 0 Å². The molecule has 1 aromatic heterocycles. The van der Waals surface area contributed by atoms with Crippen molar-refractivity contribution in [3.63, 3.8) is 0 Å². The van der Waals surface area contributed by atoms with Gasteiger partial charge in [0.2, 0.25) is 0 Å². The van der Waals surface area contributed by atoms with E-state index >= 15 is 0 Å². The van der Waals surface area contributed by atoms with Gasteiger partial charge in [0.1, 0.15) is 11.4 Å². The van der Waals surface area contributed by atoms with Gasteiger partial charge in [-0.1, -0.05) is 12.1 Å². The highest BCUT2D eigenvalue weighted by molar-refractivity contribution is 9.10. The van der Waals surface area contributed by atoms with Crippen molar-refractivity contribution in [3.05, 3.63) is 58.3 Å². The molecule has 0 radical (unpaired) electrons. The molecule has 0 fully saturated rings. The molecule has 0 bridgehead atoms. The SMILES string of the molecule is O=C(NCCc1ccc(O)cc1)c1ccc(Br)cn1. The maximum absolute atomic E-state index is 11.8. The second-order valence-corrected chi connectivity index (χ2v) is 4.95. The highest BCUT2D eigenvalue weighted by Gasteiger charge is 2.05. The summed E-state index contributed by atoms with van der Waals surface area (Å²) in [5, 5.41) is 12.0. The first-order valence-corrected chi connectivity index (χ1v) is 6.62. The third kappa shape index (κ3) is 4.06. The number of phenolic OH excluding ortho intramolecular Hbond substituents is 1. The molecule has 2 N–H and O–H groups in total. The molecule has 0 saturated heterocycles. The Morgan fingerprint density at radius 1 is 1.21 bits per heavy atom. The van der Waals surface area contributed by atoms with E-state index < -0.39 is 0 Å². The van der Waals surface area contributed by atoms with Crippen molar-refractivity contribution in [2.24, 2.45) is 0 Å². The van der Waals surface area contributed by atoms with Crippen LogP contribution in [0.25, 0.3) is 0 Å². The summed E-state index contributed by atoms with van der Waals surface area (Å²) in [4.78, 5) is 15.8. The molecule has 0 saturated carbocycles. The molecule has 0 atom stereocenters. The van der Waals surface area contributed by atoms with Crippen LogP contribution in [0.15, 0.2) is 47.1 Å². The average Bonchev–Trinajstić information content (AvgIpc) is 2.41. The second kappa shape index (κ2) is 6.33. The number of amides is 1. The van der Waals surface area contributed by atoms with Crippen LogP contribution in [-0.2, 0) is 6.42 Å². The quantitative estimate of drug-likeness (QED) is 0.910. The van der Waals surface area contributed by atoms with Crippen LogP contribution in [-0.4, -0.2) is 22.5 Å². The second-order valence-electron chi connectivity index (χ2n) is 4.03. The van der Waals surface area contributed by atoms with Crippen LogP contribution >= 0.6 is 15.9 Å². The number of hydrogen-bond acceptors (Lipinski definition) is 3. The van der Waals surface area contributed by atoms with Crippen molar-refractivity contribution >= 4 is 21.8 Å². The number of phenols is 1.